The Labute approximate surface area is 223 Å². The first-order valence-corrected chi connectivity index (χ1v) is 13.0. The number of amides is 2. The molecular formula is C26H32F4N6O3. The molecule has 1 saturated carbocycles. The molecule has 1 aliphatic carbocycles. The molecule has 2 amide bonds. The topological polar surface area (TPSA) is 103 Å². The normalized spacial score (nSPS) is 24.1. The van der Waals surface area contributed by atoms with Crippen LogP contribution in [0.2, 0.25) is 0 Å². The third-order valence-electron chi connectivity index (χ3n) is 7.77. The molecule has 2 N–H and O–H groups in total. The Hall–Kier alpha value is -3.22. The lowest BCUT2D eigenvalue weighted by atomic mass is 9.87. The summed E-state index contributed by atoms with van der Waals surface area (Å²) in [5.41, 5.74) is -1.63. The summed E-state index contributed by atoms with van der Waals surface area (Å²) in [6, 6.07) is 1.46. The maximum Gasteiger partial charge on any atom is 0.281 e. The van der Waals surface area contributed by atoms with Crippen LogP contribution in [0, 0.1) is 11.7 Å². The number of aromatic nitrogens is 3. The minimum absolute atomic E-state index is 0.124. The van der Waals surface area contributed by atoms with Crippen molar-refractivity contribution in [3.8, 4) is 17.1 Å². The van der Waals surface area contributed by atoms with Crippen LogP contribution in [0.25, 0.3) is 11.3 Å². The molecule has 0 aromatic carbocycles. The quantitative estimate of drug-likeness (QED) is 0.512. The van der Waals surface area contributed by atoms with E-state index in [1.54, 1.807) is 4.90 Å². The maximum absolute atomic E-state index is 14.6. The SMILES string of the molecule is COc1cc(-c2cc(C(=O)N3CC[C@H](C(=O)N[C@@H]4CN(CC(C)(C)F)CC4(F)F)CC34CC4)[nH]n2)c(F)cn1. The summed E-state index contributed by atoms with van der Waals surface area (Å²) in [6.45, 7) is 2.06. The first-order chi connectivity index (χ1) is 18.3. The van der Waals surface area contributed by atoms with Gasteiger partial charge in [0.05, 0.1) is 25.5 Å². The lowest BCUT2D eigenvalue weighted by Crippen LogP contribution is -2.54. The third-order valence-corrected chi connectivity index (χ3v) is 7.77. The van der Waals surface area contributed by atoms with Crippen molar-refractivity contribution in [1.82, 2.24) is 30.3 Å². The van der Waals surface area contributed by atoms with E-state index < -0.39 is 47.4 Å². The highest BCUT2D eigenvalue weighted by Crippen LogP contribution is 2.50. The fourth-order valence-electron chi connectivity index (χ4n) is 5.75. The van der Waals surface area contributed by atoms with Gasteiger partial charge in [-0.05, 0) is 45.6 Å². The summed E-state index contributed by atoms with van der Waals surface area (Å²) < 4.78 is 62.6. The van der Waals surface area contributed by atoms with Crippen molar-refractivity contribution < 1.29 is 31.9 Å². The van der Waals surface area contributed by atoms with Gasteiger partial charge >= 0.3 is 0 Å². The average Bonchev–Trinajstić information content (AvgIpc) is 3.32. The van der Waals surface area contributed by atoms with Crippen LogP contribution in [0.4, 0.5) is 17.6 Å². The molecule has 3 fully saturated rings. The summed E-state index contributed by atoms with van der Waals surface area (Å²) in [5.74, 6) is -4.88. The Bertz CT molecular complexity index is 1260. The number of aromatic amines is 1. The summed E-state index contributed by atoms with van der Waals surface area (Å²) in [5, 5.41) is 9.28. The maximum atomic E-state index is 14.6. The number of nitrogens with zero attached hydrogens (tertiary/aromatic N) is 4. The number of hydrogen-bond acceptors (Lipinski definition) is 6. The first-order valence-electron chi connectivity index (χ1n) is 13.0. The van der Waals surface area contributed by atoms with Gasteiger partial charge in [-0.1, -0.05) is 0 Å². The molecular weight excluding hydrogens is 520 g/mol. The standard InChI is InChI=1S/C26H32F4N6O3/c1-24(2,28)13-35-12-20(26(29,30)14-35)32-22(37)15-4-7-36(25(10-15)5-6-25)23(38)19-9-18(33-34-19)16-8-21(39-3)31-11-17(16)27/h8-9,11,15,20H,4-7,10,12-14H2,1-3H3,(H,32,37)(H,33,34)/t15-,20+/m0/s1. The number of carbonyl (C=O) groups is 2. The minimum Gasteiger partial charge on any atom is -0.481 e. The van der Waals surface area contributed by atoms with Crippen molar-refractivity contribution in [1.29, 1.82) is 0 Å². The van der Waals surface area contributed by atoms with Crippen LogP contribution in [-0.4, -0.2) is 93.3 Å². The van der Waals surface area contributed by atoms with Crippen molar-refractivity contribution in [2.45, 2.75) is 62.7 Å². The van der Waals surface area contributed by atoms with E-state index in [2.05, 4.69) is 20.5 Å². The number of alkyl halides is 3. The summed E-state index contributed by atoms with van der Waals surface area (Å²) in [4.78, 5) is 33.3. The van der Waals surface area contributed by atoms with Crippen LogP contribution < -0.4 is 10.1 Å². The van der Waals surface area contributed by atoms with Crippen molar-refractivity contribution in [3.05, 3.63) is 29.8 Å². The van der Waals surface area contributed by atoms with Gasteiger partial charge in [0.1, 0.15) is 17.4 Å². The van der Waals surface area contributed by atoms with Crippen molar-refractivity contribution >= 4 is 11.8 Å². The molecule has 212 valence electrons. The summed E-state index contributed by atoms with van der Waals surface area (Å²) >= 11 is 0. The van der Waals surface area contributed by atoms with Gasteiger partial charge in [-0.2, -0.15) is 5.10 Å². The molecule has 0 radical (unpaired) electrons. The third kappa shape index (κ3) is 5.59. The first kappa shape index (κ1) is 27.4. The fraction of sp³-hybridized carbons (Fsp3) is 0.615. The molecule has 9 nitrogen and oxygen atoms in total. The number of piperidine rings is 1. The molecule has 39 heavy (non-hydrogen) atoms. The zero-order valence-corrected chi connectivity index (χ0v) is 22.1. The van der Waals surface area contributed by atoms with Gasteiger partial charge < -0.3 is 15.0 Å². The number of pyridine rings is 1. The van der Waals surface area contributed by atoms with Crippen molar-refractivity contribution in [3.63, 3.8) is 0 Å². The van der Waals surface area contributed by atoms with E-state index in [9.17, 15) is 27.2 Å². The highest BCUT2D eigenvalue weighted by atomic mass is 19.3. The Kier molecular flexibility index (Phi) is 6.84. The molecule has 0 unspecified atom stereocenters. The number of likely N-dealkylation sites (tertiary alicyclic amines) is 2. The smallest absolute Gasteiger partial charge is 0.281 e. The predicted molar refractivity (Wildman–Crippen MR) is 133 cm³/mol. The van der Waals surface area contributed by atoms with Crippen LogP contribution in [0.3, 0.4) is 0 Å². The lowest BCUT2D eigenvalue weighted by molar-refractivity contribution is -0.130. The molecule has 0 bridgehead atoms. The van der Waals surface area contributed by atoms with Crippen molar-refractivity contribution in [2.75, 3.05) is 33.3 Å². The largest absolute Gasteiger partial charge is 0.481 e. The van der Waals surface area contributed by atoms with E-state index >= 15 is 0 Å². The van der Waals surface area contributed by atoms with Crippen molar-refractivity contribution in [2.24, 2.45) is 5.92 Å². The van der Waals surface area contributed by atoms with E-state index in [1.807, 2.05) is 0 Å². The zero-order chi connectivity index (χ0) is 28.2. The second-order valence-corrected chi connectivity index (χ2v) is 11.5. The number of nitrogens with one attached hydrogen (secondary N) is 2. The van der Waals surface area contributed by atoms with Gasteiger partial charge in [0.25, 0.3) is 11.8 Å². The second kappa shape index (κ2) is 9.76. The monoisotopic (exact) mass is 552 g/mol. The molecule has 2 aliphatic heterocycles. The Morgan fingerprint density at radius 2 is 2.03 bits per heavy atom. The molecule has 3 aliphatic rings. The number of H-pyrrole nitrogens is 1. The number of rotatable bonds is 7. The van der Waals surface area contributed by atoms with Gasteiger partial charge in [0.15, 0.2) is 5.82 Å². The number of ether oxygens (including phenoxy) is 1. The number of halogens is 4. The number of carbonyl (C=O) groups excluding carboxylic acids is 2. The Morgan fingerprint density at radius 3 is 2.69 bits per heavy atom. The molecule has 4 heterocycles. The Balaban J connectivity index is 1.23. The van der Waals surface area contributed by atoms with Crippen LogP contribution in [0.1, 0.15) is 50.0 Å². The number of hydrogen-bond donors (Lipinski definition) is 2. The van der Waals surface area contributed by atoms with Gasteiger partial charge in [-0.25, -0.2) is 22.5 Å². The van der Waals surface area contributed by atoms with Crippen LogP contribution in [-0.2, 0) is 4.79 Å². The van der Waals surface area contributed by atoms with Gasteiger partial charge in [-0.15, -0.1) is 0 Å². The summed E-state index contributed by atoms with van der Waals surface area (Å²) in [6.07, 6.45) is 3.08. The molecule has 13 heteroatoms. The molecule has 2 aromatic rings. The molecule has 5 rings (SSSR count). The van der Waals surface area contributed by atoms with E-state index in [4.69, 9.17) is 4.74 Å². The predicted octanol–water partition coefficient (Wildman–Crippen LogP) is 3.19. The van der Waals surface area contributed by atoms with Crippen LogP contribution in [0.15, 0.2) is 18.3 Å². The van der Waals surface area contributed by atoms with Gasteiger partial charge in [0.2, 0.25) is 11.8 Å². The molecule has 2 aromatic heterocycles. The van der Waals surface area contributed by atoms with E-state index in [1.165, 1.54) is 38.0 Å². The van der Waals surface area contributed by atoms with Gasteiger partial charge in [0, 0.05) is 42.7 Å². The zero-order valence-electron chi connectivity index (χ0n) is 22.1. The highest BCUT2D eigenvalue weighted by Gasteiger charge is 2.56. The van der Waals surface area contributed by atoms with E-state index in [-0.39, 0.29) is 48.4 Å². The Morgan fingerprint density at radius 1 is 1.28 bits per heavy atom. The molecule has 2 saturated heterocycles. The van der Waals surface area contributed by atoms with Crippen LogP contribution >= 0.6 is 0 Å². The highest BCUT2D eigenvalue weighted by molar-refractivity contribution is 5.94. The fourth-order valence-corrected chi connectivity index (χ4v) is 5.75. The van der Waals surface area contributed by atoms with Gasteiger partial charge in [-0.3, -0.25) is 19.6 Å². The molecule has 1 spiro atoms. The molecule has 2 atom stereocenters. The second-order valence-electron chi connectivity index (χ2n) is 11.5. The summed E-state index contributed by atoms with van der Waals surface area (Å²) in [7, 11) is 1.41. The van der Waals surface area contributed by atoms with E-state index in [0.717, 1.165) is 6.20 Å². The van der Waals surface area contributed by atoms with Crippen LogP contribution in [0.5, 0.6) is 5.88 Å². The lowest BCUT2D eigenvalue weighted by Gasteiger charge is -2.39. The van der Waals surface area contributed by atoms with E-state index in [0.29, 0.717) is 25.7 Å². The average molecular weight is 553 g/mol. The number of methoxy groups -OCH3 is 1. The minimum atomic E-state index is -3.16.